The predicted octanol–water partition coefficient (Wildman–Crippen LogP) is 1.37. The van der Waals surface area contributed by atoms with Crippen LogP contribution < -0.4 is 5.73 Å². The molecule has 0 aromatic rings. The minimum Gasteiger partial charge on any atom is -0.392 e. The van der Waals surface area contributed by atoms with Crippen molar-refractivity contribution in [2.45, 2.75) is 55.8 Å². The summed E-state index contributed by atoms with van der Waals surface area (Å²) < 4.78 is 0. The fourth-order valence-corrected chi connectivity index (χ4v) is 2.93. The fraction of sp³-hybridized carbons (Fsp3) is 1.00. The second-order valence-corrected chi connectivity index (χ2v) is 5.34. The molecule has 1 aliphatic carbocycles. The number of hydrogen-bond acceptors (Lipinski definition) is 3. The Labute approximate surface area is 78.9 Å². The van der Waals surface area contributed by atoms with Gasteiger partial charge in [-0.2, -0.15) is 11.8 Å². The maximum absolute atomic E-state index is 9.31. The van der Waals surface area contributed by atoms with E-state index in [1.54, 1.807) is 0 Å². The summed E-state index contributed by atoms with van der Waals surface area (Å²) in [5, 5.41) is 10.2. The summed E-state index contributed by atoms with van der Waals surface area (Å²) >= 11 is 1.85. The van der Waals surface area contributed by atoms with E-state index in [4.69, 9.17) is 5.73 Å². The summed E-state index contributed by atoms with van der Waals surface area (Å²) in [6, 6.07) is 0.358. The smallest absolute Gasteiger partial charge is 0.0628 e. The SMILES string of the molecule is CC(O)C(C)SC1CCCC1N. The summed E-state index contributed by atoms with van der Waals surface area (Å²) in [4.78, 5) is 0. The predicted molar refractivity (Wildman–Crippen MR) is 54.3 cm³/mol. The Morgan fingerprint density at radius 3 is 2.50 bits per heavy atom. The highest BCUT2D eigenvalue weighted by molar-refractivity contribution is 8.00. The third kappa shape index (κ3) is 2.64. The van der Waals surface area contributed by atoms with Gasteiger partial charge in [0.05, 0.1) is 6.10 Å². The zero-order chi connectivity index (χ0) is 9.14. The first kappa shape index (κ1) is 10.4. The average Bonchev–Trinajstić information content (AvgIpc) is 2.36. The zero-order valence-corrected chi connectivity index (χ0v) is 8.68. The van der Waals surface area contributed by atoms with Gasteiger partial charge in [0.25, 0.3) is 0 Å². The number of nitrogens with two attached hydrogens (primary N) is 1. The molecule has 0 aliphatic heterocycles. The highest BCUT2D eigenvalue weighted by Gasteiger charge is 2.26. The first-order valence-electron chi connectivity index (χ1n) is 4.70. The van der Waals surface area contributed by atoms with E-state index in [1.807, 2.05) is 18.7 Å². The Balaban J connectivity index is 2.30. The molecule has 0 radical (unpaired) electrons. The van der Waals surface area contributed by atoms with Crippen LogP contribution in [0.25, 0.3) is 0 Å². The molecule has 3 N–H and O–H groups in total. The molecule has 0 aromatic heterocycles. The summed E-state index contributed by atoms with van der Waals surface area (Å²) in [6.45, 7) is 3.92. The molecule has 1 aliphatic rings. The molecule has 4 unspecified atom stereocenters. The van der Waals surface area contributed by atoms with E-state index >= 15 is 0 Å². The van der Waals surface area contributed by atoms with Crippen LogP contribution in [0.2, 0.25) is 0 Å². The van der Waals surface area contributed by atoms with Crippen LogP contribution in [0, 0.1) is 0 Å². The second kappa shape index (κ2) is 4.49. The van der Waals surface area contributed by atoms with Gasteiger partial charge >= 0.3 is 0 Å². The van der Waals surface area contributed by atoms with Crippen molar-refractivity contribution in [3.63, 3.8) is 0 Å². The lowest BCUT2D eigenvalue weighted by molar-refractivity contribution is 0.196. The molecule has 0 aromatic carbocycles. The molecule has 0 spiro atoms. The minimum atomic E-state index is -0.220. The minimum absolute atomic E-state index is 0.220. The fourth-order valence-electron chi connectivity index (χ4n) is 1.51. The molecule has 4 atom stereocenters. The lowest BCUT2D eigenvalue weighted by Crippen LogP contribution is -2.30. The normalized spacial score (nSPS) is 35.0. The van der Waals surface area contributed by atoms with Gasteiger partial charge in [0, 0.05) is 16.5 Å². The Morgan fingerprint density at radius 2 is 2.08 bits per heavy atom. The van der Waals surface area contributed by atoms with Gasteiger partial charge in [-0.05, 0) is 19.8 Å². The van der Waals surface area contributed by atoms with Crippen molar-refractivity contribution in [2.75, 3.05) is 0 Å². The first-order chi connectivity index (χ1) is 5.61. The monoisotopic (exact) mass is 189 g/mol. The summed E-state index contributed by atoms with van der Waals surface area (Å²) in [7, 11) is 0. The van der Waals surface area contributed by atoms with Crippen molar-refractivity contribution in [1.82, 2.24) is 0 Å². The quantitative estimate of drug-likeness (QED) is 0.705. The van der Waals surface area contributed by atoms with Crippen LogP contribution in [0.1, 0.15) is 33.1 Å². The zero-order valence-electron chi connectivity index (χ0n) is 7.86. The Kier molecular flexibility index (Phi) is 3.87. The van der Waals surface area contributed by atoms with Gasteiger partial charge in [0.1, 0.15) is 0 Å². The van der Waals surface area contributed by atoms with Gasteiger partial charge in [0.15, 0.2) is 0 Å². The Morgan fingerprint density at radius 1 is 1.42 bits per heavy atom. The largest absolute Gasteiger partial charge is 0.392 e. The molecule has 1 fully saturated rings. The average molecular weight is 189 g/mol. The van der Waals surface area contributed by atoms with E-state index in [0.29, 0.717) is 16.5 Å². The van der Waals surface area contributed by atoms with E-state index in [2.05, 4.69) is 6.92 Å². The van der Waals surface area contributed by atoms with E-state index in [9.17, 15) is 5.11 Å². The summed E-state index contributed by atoms with van der Waals surface area (Å²) in [6.07, 6.45) is 3.42. The van der Waals surface area contributed by atoms with E-state index < -0.39 is 0 Å². The molecule has 12 heavy (non-hydrogen) atoms. The molecule has 3 heteroatoms. The molecule has 1 saturated carbocycles. The van der Waals surface area contributed by atoms with Gasteiger partial charge in [-0.3, -0.25) is 0 Å². The van der Waals surface area contributed by atoms with Crippen LogP contribution in [0.15, 0.2) is 0 Å². The van der Waals surface area contributed by atoms with Crippen molar-refractivity contribution >= 4 is 11.8 Å². The molecule has 0 saturated heterocycles. The van der Waals surface area contributed by atoms with Crippen molar-refractivity contribution in [3.05, 3.63) is 0 Å². The number of aliphatic hydroxyl groups excluding tert-OH is 1. The number of rotatable bonds is 3. The molecule has 2 nitrogen and oxygen atoms in total. The number of hydrogen-bond donors (Lipinski definition) is 2. The molecule has 0 heterocycles. The number of aliphatic hydroxyl groups is 1. The topological polar surface area (TPSA) is 46.2 Å². The summed E-state index contributed by atoms with van der Waals surface area (Å²) in [5.74, 6) is 0. The lowest BCUT2D eigenvalue weighted by atomic mass is 10.3. The van der Waals surface area contributed by atoms with E-state index in [1.165, 1.54) is 12.8 Å². The van der Waals surface area contributed by atoms with Gasteiger partial charge in [0.2, 0.25) is 0 Å². The van der Waals surface area contributed by atoms with Gasteiger partial charge in [-0.1, -0.05) is 13.3 Å². The third-order valence-electron chi connectivity index (χ3n) is 2.57. The van der Waals surface area contributed by atoms with Crippen LogP contribution in [-0.2, 0) is 0 Å². The number of thioether (sulfide) groups is 1. The van der Waals surface area contributed by atoms with E-state index in [-0.39, 0.29) is 6.10 Å². The Bertz CT molecular complexity index is 140. The lowest BCUT2D eigenvalue weighted by Gasteiger charge is -2.21. The van der Waals surface area contributed by atoms with Crippen LogP contribution in [0.3, 0.4) is 0 Å². The van der Waals surface area contributed by atoms with Crippen LogP contribution in [-0.4, -0.2) is 27.8 Å². The Hall–Kier alpha value is 0.270. The highest BCUT2D eigenvalue weighted by atomic mass is 32.2. The third-order valence-corrected chi connectivity index (χ3v) is 4.33. The van der Waals surface area contributed by atoms with Crippen molar-refractivity contribution in [1.29, 1.82) is 0 Å². The molecular weight excluding hydrogens is 170 g/mol. The summed E-state index contributed by atoms with van der Waals surface area (Å²) in [5.41, 5.74) is 5.92. The van der Waals surface area contributed by atoms with Gasteiger partial charge in [-0.15, -0.1) is 0 Å². The van der Waals surface area contributed by atoms with Gasteiger partial charge in [-0.25, -0.2) is 0 Å². The molecular formula is C9H19NOS. The highest BCUT2D eigenvalue weighted by Crippen LogP contribution is 2.32. The van der Waals surface area contributed by atoms with Crippen molar-refractivity contribution in [2.24, 2.45) is 5.73 Å². The van der Waals surface area contributed by atoms with Crippen LogP contribution >= 0.6 is 11.8 Å². The maximum Gasteiger partial charge on any atom is 0.0628 e. The van der Waals surface area contributed by atoms with Crippen molar-refractivity contribution in [3.8, 4) is 0 Å². The standard InChI is InChI=1S/C9H19NOS/c1-6(11)7(2)12-9-5-3-4-8(9)10/h6-9,11H,3-5,10H2,1-2H3. The van der Waals surface area contributed by atoms with Gasteiger partial charge < -0.3 is 10.8 Å². The first-order valence-corrected chi connectivity index (χ1v) is 5.64. The molecule has 0 amide bonds. The molecule has 0 bridgehead atoms. The van der Waals surface area contributed by atoms with Crippen LogP contribution in [0.4, 0.5) is 0 Å². The molecule has 1 rings (SSSR count). The maximum atomic E-state index is 9.31. The second-order valence-electron chi connectivity index (χ2n) is 3.72. The van der Waals surface area contributed by atoms with Crippen LogP contribution in [0.5, 0.6) is 0 Å². The van der Waals surface area contributed by atoms with Crippen molar-refractivity contribution < 1.29 is 5.11 Å². The van der Waals surface area contributed by atoms with E-state index in [0.717, 1.165) is 6.42 Å². The molecule has 72 valence electrons.